The summed E-state index contributed by atoms with van der Waals surface area (Å²) in [5, 5.41) is 0. The third kappa shape index (κ3) is 0.654. The zero-order valence-corrected chi connectivity index (χ0v) is 6.22. The van der Waals surface area contributed by atoms with E-state index in [4.69, 9.17) is 0 Å². The molecule has 0 aromatic carbocycles. The van der Waals surface area contributed by atoms with Crippen LogP contribution < -0.4 is 0 Å². The van der Waals surface area contributed by atoms with Crippen molar-refractivity contribution in [3.63, 3.8) is 0 Å². The van der Waals surface area contributed by atoms with Crippen molar-refractivity contribution in [2.45, 2.75) is 26.7 Å². The summed E-state index contributed by atoms with van der Waals surface area (Å²) in [7, 11) is 0. The van der Waals surface area contributed by atoms with Crippen molar-refractivity contribution < 1.29 is 0 Å². The van der Waals surface area contributed by atoms with Gasteiger partial charge in [0.25, 0.3) is 0 Å². The Morgan fingerprint density at radius 2 is 2.00 bits per heavy atom. The van der Waals surface area contributed by atoms with Crippen LogP contribution >= 0.6 is 0 Å². The van der Waals surface area contributed by atoms with E-state index in [1.54, 1.807) is 0 Å². The molecule has 50 valence electrons. The highest BCUT2D eigenvalue weighted by atomic mass is 14.5. The van der Waals surface area contributed by atoms with E-state index >= 15 is 0 Å². The van der Waals surface area contributed by atoms with E-state index in [-0.39, 0.29) is 0 Å². The minimum Gasteiger partial charge on any atom is -0.0849 e. The molecule has 0 N–H and O–H groups in total. The third-order valence-corrected chi connectivity index (χ3v) is 3.02. The van der Waals surface area contributed by atoms with E-state index in [0.29, 0.717) is 5.41 Å². The molecule has 0 aromatic rings. The highest BCUT2D eigenvalue weighted by molar-refractivity contribution is 5.13. The van der Waals surface area contributed by atoms with Crippen molar-refractivity contribution in [1.82, 2.24) is 0 Å². The number of rotatable bonds is 0. The molecule has 3 aliphatic carbocycles. The lowest BCUT2D eigenvalue weighted by atomic mass is 9.58. The summed E-state index contributed by atoms with van der Waals surface area (Å²) in [5.74, 6) is 1.97. The second-order valence-corrected chi connectivity index (χ2v) is 4.11. The maximum absolute atomic E-state index is 2.40. The van der Waals surface area contributed by atoms with Crippen LogP contribution in [0.4, 0.5) is 0 Å². The normalized spacial score (nSPS) is 44.2. The molecule has 0 heterocycles. The Morgan fingerprint density at radius 1 is 1.33 bits per heavy atom. The fourth-order valence-electron chi connectivity index (χ4n) is 1.95. The Labute approximate surface area is 57.0 Å². The quantitative estimate of drug-likeness (QED) is 0.433. The van der Waals surface area contributed by atoms with Crippen molar-refractivity contribution in [1.29, 1.82) is 0 Å². The molecule has 2 bridgehead atoms. The third-order valence-electron chi connectivity index (χ3n) is 3.02. The fraction of sp³-hybridized carbons (Fsp3) is 0.778. The van der Waals surface area contributed by atoms with E-state index in [0.717, 1.165) is 11.8 Å². The van der Waals surface area contributed by atoms with Gasteiger partial charge < -0.3 is 0 Å². The van der Waals surface area contributed by atoms with Crippen LogP contribution in [0.3, 0.4) is 0 Å². The SMILES string of the molecule is CC1(C)C=CC2CC1C2. The molecule has 0 saturated heterocycles. The summed E-state index contributed by atoms with van der Waals surface area (Å²) in [5.41, 5.74) is 0.523. The van der Waals surface area contributed by atoms with Gasteiger partial charge in [-0.3, -0.25) is 0 Å². The van der Waals surface area contributed by atoms with E-state index in [1.165, 1.54) is 12.8 Å². The van der Waals surface area contributed by atoms with Gasteiger partial charge in [0, 0.05) is 0 Å². The monoisotopic (exact) mass is 122 g/mol. The molecule has 0 unspecified atom stereocenters. The molecule has 0 atom stereocenters. The summed E-state index contributed by atoms with van der Waals surface area (Å²) in [6.45, 7) is 4.70. The smallest absolute Gasteiger partial charge is 0.0146 e. The van der Waals surface area contributed by atoms with Crippen molar-refractivity contribution in [3.8, 4) is 0 Å². The second-order valence-electron chi connectivity index (χ2n) is 4.11. The van der Waals surface area contributed by atoms with Crippen LogP contribution in [0.15, 0.2) is 12.2 Å². The van der Waals surface area contributed by atoms with Crippen LogP contribution in [0.1, 0.15) is 26.7 Å². The number of fused-ring (bicyclic) bond motifs is 1. The lowest BCUT2D eigenvalue weighted by Crippen LogP contribution is -2.37. The molecule has 0 amide bonds. The maximum atomic E-state index is 2.40. The lowest BCUT2D eigenvalue weighted by Gasteiger charge is -2.47. The predicted octanol–water partition coefficient (Wildman–Crippen LogP) is 2.61. The Bertz CT molecular complexity index is 147. The molecular weight excluding hydrogens is 108 g/mol. The molecule has 9 heavy (non-hydrogen) atoms. The first kappa shape index (κ1) is 5.52. The van der Waals surface area contributed by atoms with Crippen LogP contribution in [0, 0.1) is 17.3 Å². The molecule has 1 saturated carbocycles. The Kier molecular flexibility index (Phi) is 0.870. The van der Waals surface area contributed by atoms with Gasteiger partial charge in [-0.25, -0.2) is 0 Å². The standard InChI is InChI=1S/C9H14/c1-9(2)4-3-7-5-8(9)6-7/h3-4,7-8H,5-6H2,1-2H3. The molecule has 3 rings (SSSR count). The molecule has 0 aliphatic heterocycles. The lowest BCUT2D eigenvalue weighted by molar-refractivity contribution is 0.103. The van der Waals surface area contributed by atoms with Crippen molar-refractivity contribution in [3.05, 3.63) is 12.2 Å². The van der Waals surface area contributed by atoms with Crippen LogP contribution in [0.25, 0.3) is 0 Å². The predicted molar refractivity (Wildman–Crippen MR) is 39.1 cm³/mol. The van der Waals surface area contributed by atoms with Gasteiger partial charge in [-0.1, -0.05) is 26.0 Å². The van der Waals surface area contributed by atoms with E-state index in [1.807, 2.05) is 0 Å². The summed E-state index contributed by atoms with van der Waals surface area (Å²) in [6, 6.07) is 0. The molecule has 0 nitrogen and oxygen atoms in total. The average molecular weight is 122 g/mol. The van der Waals surface area contributed by atoms with Crippen LogP contribution in [-0.2, 0) is 0 Å². The second kappa shape index (κ2) is 1.42. The van der Waals surface area contributed by atoms with Crippen LogP contribution in [0.2, 0.25) is 0 Å². The first-order valence-electron chi connectivity index (χ1n) is 3.88. The zero-order valence-electron chi connectivity index (χ0n) is 6.22. The van der Waals surface area contributed by atoms with Crippen molar-refractivity contribution in [2.24, 2.45) is 17.3 Å². The zero-order chi connectivity index (χ0) is 6.48. The first-order valence-corrected chi connectivity index (χ1v) is 3.88. The van der Waals surface area contributed by atoms with Crippen LogP contribution in [0.5, 0.6) is 0 Å². The summed E-state index contributed by atoms with van der Waals surface area (Å²) in [4.78, 5) is 0. The molecule has 1 fully saturated rings. The van der Waals surface area contributed by atoms with E-state index in [9.17, 15) is 0 Å². The highest BCUT2D eigenvalue weighted by Gasteiger charge is 2.40. The number of hydrogen-bond donors (Lipinski definition) is 0. The number of hydrogen-bond acceptors (Lipinski definition) is 0. The van der Waals surface area contributed by atoms with Crippen molar-refractivity contribution in [2.75, 3.05) is 0 Å². The summed E-state index contributed by atoms with van der Waals surface area (Å²) < 4.78 is 0. The summed E-state index contributed by atoms with van der Waals surface area (Å²) >= 11 is 0. The minimum atomic E-state index is 0.523. The van der Waals surface area contributed by atoms with Gasteiger partial charge in [-0.2, -0.15) is 0 Å². The first-order chi connectivity index (χ1) is 4.18. The minimum absolute atomic E-state index is 0.523. The largest absolute Gasteiger partial charge is 0.0849 e. The molecule has 3 aliphatic rings. The van der Waals surface area contributed by atoms with E-state index in [2.05, 4.69) is 26.0 Å². The Morgan fingerprint density at radius 3 is 2.22 bits per heavy atom. The van der Waals surface area contributed by atoms with Crippen molar-refractivity contribution >= 4 is 0 Å². The molecular formula is C9H14. The maximum Gasteiger partial charge on any atom is -0.0146 e. The summed E-state index contributed by atoms with van der Waals surface area (Å²) in [6.07, 6.45) is 7.72. The molecule has 0 spiro atoms. The van der Waals surface area contributed by atoms with Gasteiger partial charge in [-0.05, 0) is 30.1 Å². The van der Waals surface area contributed by atoms with Gasteiger partial charge in [0.15, 0.2) is 0 Å². The van der Waals surface area contributed by atoms with Crippen LogP contribution in [-0.4, -0.2) is 0 Å². The van der Waals surface area contributed by atoms with Gasteiger partial charge in [0.05, 0.1) is 0 Å². The fourth-order valence-corrected chi connectivity index (χ4v) is 1.95. The van der Waals surface area contributed by atoms with Gasteiger partial charge in [0.2, 0.25) is 0 Å². The molecule has 0 radical (unpaired) electrons. The molecule has 0 heteroatoms. The topological polar surface area (TPSA) is 0 Å². The van der Waals surface area contributed by atoms with Gasteiger partial charge in [0.1, 0.15) is 0 Å². The highest BCUT2D eigenvalue weighted by Crippen LogP contribution is 2.50. The van der Waals surface area contributed by atoms with E-state index < -0.39 is 0 Å². The average Bonchev–Trinajstić information content (AvgIpc) is 1.58. The molecule has 0 aromatic heterocycles. The Hall–Kier alpha value is -0.260. The van der Waals surface area contributed by atoms with Gasteiger partial charge in [-0.15, -0.1) is 0 Å². The number of allylic oxidation sites excluding steroid dienone is 2. The van der Waals surface area contributed by atoms with Gasteiger partial charge >= 0.3 is 0 Å². The Balaban J connectivity index is 2.27.